The van der Waals surface area contributed by atoms with Crippen molar-refractivity contribution < 1.29 is 31.9 Å². The van der Waals surface area contributed by atoms with Crippen LogP contribution in [0.5, 0.6) is 0 Å². The molecule has 1 aromatic heterocycles. The lowest BCUT2D eigenvalue weighted by Crippen LogP contribution is -2.36. The summed E-state index contributed by atoms with van der Waals surface area (Å²) >= 11 is 0. The van der Waals surface area contributed by atoms with Gasteiger partial charge in [0.05, 0.1) is 28.8 Å². The summed E-state index contributed by atoms with van der Waals surface area (Å²) in [6.07, 6.45) is -4.47. The summed E-state index contributed by atoms with van der Waals surface area (Å²) in [6, 6.07) is 9.05. The maximum absolute atomic E-state index is 13.5. The molecule has 4 rings (SSSR count). The molecule has 0 saturated carbocycles. The molecule has 1 fully saturated rings. The molecule has 1 aliphatic heterocycles. The molecule has 35 heavy (non-hydrogen) atoms. The number of halogens is 4. The Morgan fingerprint density at radius 3 is 2.40 bits per heavy atom. The third kappa shape index (κ3) is 5.18. The number of benzene rings is 2. The SMILES string of the molecule is CCOC(=O)c1nc2ccccc2nc1N1CCCN(C(=O)c2ccc(F)cc2C(F)(F)F)CC1. The van der Waals surface area contributed by atoms with E-state index in [9.17, 15) is 27.2 Å². The highest BCUT2D eigenvalue weighted by Gasteiger charge is 2.37. The van der Waals surface area contributed by atoms with E-state index in [1.165, 1.54) is 4.90 Å². The van der Waals surface area contributed by atoms with Crippen molar-refractivity contribution in [1.29, 1.82) is 0 Å². The average molecular weight is 490 g/mol. The molecule has 0 radical (unpaired) electrons. The van der Waals surface area contributed by atoms with Crippen molar-refractivity contribution in [3.8, 4) is 0 Å². The number of hydrogen-bond donors (Lipinski definition) is 0. The van der Waals surface area contributed by atoms with E-state index in [1.54, 1.807) is 36.1 Å². The van der Waals surface area contributed by atoms with Crippen molar-refractivity contribution in [2.75, 3.05) is 37.7 Å². The molecule has 0 unspecified atom stereocenters. The second-order valence-corrected chi connectivity index (χ2v) is 7.93. The van der Waals surface area contributed by atoms with Crippen molar-refractivity contribution >= 4 is 28.7 Å². The first-order valence-electron chi connectivity index (χ1n) is 11.0. The van der Waals surface area contributed by atoms with Gasteiger partial charge in [-0.1, -0.05) is 12.1 Å². The average Bonchev–Trinajstić information content (AvgIpc) is 3.08. The number of carbonyl (C=O) groups is 2. The minimum atomic E-state index is -4.87. The summed E-state index contributed by atoms with van der Waals surface area (Å²) in [4.78, 5) is 37.7. The number of nitrogens with zero attached hydrogens (tertiary/aromatic N) is 4. The molecule has 7 nitrogen and oxygen atoms in total. The van der Waals surface area contributed by atoms with Crippen LogP contribution < -0.4 is 4.90 Å². The van der Waals surface area contributed by atoms with Crippen molar-refractivity contribution in [2.24, 2.45) is 0 Å². The highest BCUT2D eigenvalue weighted by atomic mass is 19.4. The summed E-state index contributed by atoms with van der Waals surface area (Å²) in [6.45, 7) is 2.66. The predicted molar refractivity (Wildman–Crippen MR) is 120 cm³/mol. The number of para-hydroxylation sites is 2. The van der Waals surface area contributed by atoms with Crippen molar-refractivity contribution in [1.82, 2.24) is 14.9 Å². The van der Waals surface area contributed by atoms with E-state index in [1.807, 2.05) is 0 Å². The van der Waals surface area contributed by atoms with Gasteiger partial charge >= 0.3 is 12.1 Å². The minimum Gasteiger partial charge on any atom is -0.461 e. The zero-order chi connectivity index (χ0) is 25.2. The van der Waals surface area contributed by atoms with Crippen LogP contribution in [-0.4, -0.2) is 59.5 Å². The molecule has 184 valence electrons. The van der Waals surface area contributed by atoms with Crippen LogP contribution in [-0.2, 0) is 10.9 Å². The third-order valence-corrected chi connectivity index (χ3v) is 5.62. The summed E-state index contributed by atoms with van der Waals surface area (Å²) < 4.78 is 58.9. The van der Waals surface area contributed by atoms with Crippen LogP contribution in [0.2, 0.25) is 0 Å². The van der Waals surface area contributed by atoms with Crippen molar-refractivity contribution in [2.45, 2.75) is 19.5 Å². The summed E-state index contributed by atoms with van der Waals surface area (Å²) in [7, 11) is 0. The Morgan fingerprint density at radius 2 is 1.71 bits per heavy atom. The van der Waals surface area contributed by atoms with E-state index in [-0.39, 0.29) is 37.8 Å². The van der Waals surface area contributed by atoms with Gasteiger partial charge < -0.3 is 14.5 Å². The number of rotatable bonds is 4. The Labute approximate surface area is 198 Å². The lowest BCUT2D eigenvalue weighted by Gasteiger charge is -2.25. The van der Waals surface area contributed by atoms with Gasteiger partial charge in [-0.3, -0.25) is 4.79 Å². The van der Waals surface area contributed by atoms with Crippen LogP contribution in [0, 0.1) is 5.82 Å². The molecule has 0 aliphatic carbocycles. The van der Waals surface area contributed by atoms with Gasteiger partial charge in [-0.05, 0) is 43.7 Å². The molecule has 0 N–H and O–H groups in total. The van der Waals surface area contributed by atoms with Gasteiger partial charge in [0.15, 0.2) is 11.5 Å². The number of ether oxygens (including phenoxy) is 1. The first-order valence-corrected chi connectivity index (χ1v) is 11.0. The molecule has 0 spiro atoms. The molecule has 3 aromatic rings. The van der Waals surface area contributed by atoms with Crippen LogP contribution in [0.15, 0.2) is 42.5 Å². The number of alkyl halides is 3. The number of esters is 1. The van der Waals surface area contributed by atoms with Gasteiger partial charge in [-0.2, -0.15) is 13.2 Å². The fraction of sp³-hybridized carbons (Fsp3) is 0.333. The molecule has 0 bridgehead atoms. The zero-order valence-corrected chi connectivity index (χ0v) is 18.8. The summed E-state index contributed by atoms with van der Waals surface area (Å²) in [5, 5.41) is 0. The molecule has 0 atom stereocenters. The van der Waals surface area contributed by atoms with Gasteiger partial charge in [-0.25, -0.2) is 19.2 Å². The predicted octanol–water partition coefficient (Wildman–Crippen LogP) is 4.32. The topological polar surface area (TPSA) is 75.6 Å². The molecule has 11 heteroatoms. The third-order valence-electron chi connectivity index (χ3n) is 5.62. The van der Waals surface area contributed by atoms with Crippen LogP contribution in [0.1, 0.15) is 39.8 Å². The fourth-order valence-electron chi connectivity index (χ4n) is 3.99. The number of aromatic nitrogens is 2. The van der Waals surface area contributed by atoms with E-state index in [4.69, 9.17) is 4.74 Å². The number of fused-ring (bicyclic) bond motifs is 1. The maximum atomic E-state index is 13.5. The quantitative estimate of drug-likeness (QED) is 0.401. The Balaban J connectivity index is 1.62. The number of anilines is 1. The lowest BCUT2D eigenvalue weighted by atomic mass is 10.1. The largest absolute Gasteiger partial charge is 0.461 e. The Morgan fingerprint density at radius 1 is 1.00 bits per heavy atom. The Kier molecular flexibility index (Phi) is 6.86. The molecular formula is C24H22F4N4O3. The fourth-order valence-corrected chi connectivity index (χ4v) is 3.99. The Hall–Kier alpha value is -3.76. The monoisotopic (exact) mass is 490 g/mol. The maximum Gasteiger partial charge on any atom is 0.417 e. The first-order chi connectivity index (χ1) is 16.7. The molecule has 2 heterocycles. The van der Waals surface area contributed by atoms with Crippen molar-refractivity contribution in [3.05, 3.63) is 65.1 Å². The molecular weight excluding hydrogens is 468 g/mol. The van der Waals surface area contributed by atoms with E-state index in [0.29, 0.717) is 30.1 Å². The normalized spacial score (nSPS) is 14.7. The van der Waals surface area contributed by atoms with Crippen LogP contribution in [0.25, 0.3) is 11.0 Å². The zero-order valence-electron chi connectivity index (χ0n) is 18.8. The lowest BCUT2D eigenvalue weighted by molar-refractivity contribution is -0.138. The van der Waals surface area contributed by atoms with E-state index >= 15 is 0 Å². The first kappa shape index (κ1) is 24.4. The minimum absolute atomic E-state index is 0.0308. The van der Waals surface area contributed by atoms with E-state index in [2.05, 4.69) is 9.97 Å². The standard InChI is InChI=1S/C24H22F4N4O3/c1-2-35-23(34)20-21(30-19-7-4-3-6-18(19)29-20)31-10-5-11-32(13-12-31)22(33)16-9-8-15(25)14-17(16)24(26,27)28/h3-4,6-9,14H,2,5,10-13H2,1H3. The van der Waals surface area contributed by atoms with Crippen molar-refractivity contribution in [3.63, 3.8) is 0 Å². The Bertz CT molecular complexity index is 1270. The summed E-state index contributed by atoms with van der Waals surface area (Å²) in [5.74, 6) is -2.26. The van der Waals surface area contributed by atoms with Crippen LogP contribution >= 0.6 is 0 Å². The van der Waals surface area contributed by atoms with Crippen LogP contribution in [0.3, 0.4) is 0 Å². The number of hydrogen-bond acceptors (Lipinski definition) is 6. The number of carbonyl (C=O) groups excluding carboxylic acids is 2. The highest BCUT2D eigenvalue weighted by molar-refractivity contribution is 5.97. The molecule has 1 amide bonds. The van der Waals surface area contributed by atoms with Gasteiger partial charge in [0.25, 0.3) is 5.91 Å². The van der Waals surface area contributed by atoms with E-state index < -0.39 is 35.0 Å². The number of amides is 1. The smallest absolute Gasteiger partial charge is 0.417 e. The second kappa shape index (κ2) is 9.85. The molecule has 2 aromatic carbocycles. The second-order valence-electron chi connectivity index (χ2n) is 7.93. The molecule has 1 saturated heterocycles. The van der Waals surface area contributed by atoms with Gasteiger partial charge in [0.2, 0.25) is 0 Å². The van der Waals surface area contributed by atoms with E-state index in [0.717, 1.165) is 12.1 Å². The highest BCUT2D eigenvalue weighted by Crippen LogP contribution is 2.33. The van der Waals surface area contributed by atoms with Gasteiger partial charge in [-0.15, -0.1) is 0 Å². The van der Waals surface area contributed by atoms with Gasteiger partial charge in [0, 0.05) is 26.2 Å². The van der Waals surface area contributed by atoms with Crippen LogP contribution in [0.4, 0.5) is 23.4 Å². The molecule has 1 aliphatic rings. The summed E-state index contributed by atoms with van der Waals surface area (Å²) in [5.41, 5.74) is -0.808. The van der Waals surface area contributed by atoms with Gasteiger partial charge in [0.1, 0.15) is 5.82 Å².